The van der Waals surface area contributed by atoms with E-state index < -0.39 is 29.8 Å². The first-order valence-electron chi connectivity index (χ1n) is 9.20. The van der Waals surface area contributed by atoms with Crippen LogP contribution >= 0.6 is 80.9 Å². The first-order chi connectivity index (χ1) is 15.6. The predicted molar refractivity (Wildman–Crippen MR) is 132 cm³/mol. The van der Waals surface area contributed by atoms with Crippen molar-refractivity contribution in [1.82, 2.24) is 4.90 Å². The van der Waals surface area contributed by atoms with E-state index in [4.69, 9.17) is 69.6 Å². The second-order valence-corrected chi connectivity index (χ2v) is 10.5. The molecule has 1 fully saturated rings. The number of anilines is 1. The number of benzene rings is 2. The molecular formula is C21H8Cl6N2O3S. The molecule has 0 radical (unpaired) electrons. The van der Waals surface area contributed by atoms with Crippen molar-refractivity contribution in [3.8, 4) is 0 Å². The number of hydrogen-bond donors (Lipinski definition) is 0. The molecule has 3 heterocycles. The van der Waals surface area contributed by atoms with E-state index in [0.717, 1.165) is 9.78 Å². The lowest BCUT2D eigenvalue weighted by Gasteiger charge is -2.49. The molecule has 2 aromatic carbocycles. The summed E-state index contributed by atoms with van der Waals surface area (Å²) >= 11 is 38.2. The summed E-state index contributed by atoms with van der Waals surface area (Å²) < 4.78 is 0. The fraction of sp³-hybridized carbons (Fsp3) is 0.0952. The minimum Gasteiger partial charge on any atom is -0.300 e. The van der Waals surface area contributed by atoms with Crippen molar-refractivity contribution in [2.75, 3.05) is 4.90 Å². The molecule has 0 saturated carbocycles. The van der Waals surface area contributed by atoms with Gasteiger partial charge in [0.15, 0.2) is 0 Å². The van der Waals surface area contributed by atoms with Gasteiger partial charge in [-0.2, -0.15) is 0 Å². The highest BCUT2D eigenvalue weighted by Crippen LogP contribution is 2.50. The van der Waals surface area contributed by atoms with Crippen molar-refractivity contribution >= 4 is 104 Å². The van der Waals surface area contributed by atoms with Crippen LogP contribution in [0.25, 0.3) is 0 Å². The number of halogens is 6. The zero-order valence-corrected chi connectivity index (χ0v) is 21.3. The van der Waals surface area contributed by atoms with Crippen molar-refractivity contribution in [2.24, 2.45) is 0 Å². The van der Waals surface area contributed by atoms with E-state index in [1.54, 1.807) is 18.2 Å². The predicted octanol–water partition coefficient (Wildman–Crippen LogP) is 7.42. The Labute approximate surface area is 221 Å². The summed E-state index contributed by atoms with van der Waals surface area (Å²) in [5.41, 5.74) is 0.126. The van der Waals surface area contributed by atoms with Crippen LogP contribution in [0.15, 0.2) is 35.7 Å². The van der Waals surface area contributed by atoms with Crippen molar-refractivity contribution < 1.29 is 14.4 Å². The number of fused-ring (bicyclic) bond motifs is 1. The highest BCUT2D eigenvalue weighted by atomic mass is 35.5. The zero-order valence-electron chi connectivity index (χ0n) is 15.9. The van der Waals surface area contributed by atoms with Gasteiger partial charge in [-0.25, -0.2) is 0 Å². The van der Waals surface area contributed by atoms with Gasteiger partial charge in [-0.1, -0.05) is 75.7 Å². The van der Waals surface area contributed by atoms with Gasteiger partial charge in [0.1, 0.15) is 12.1 Å². The second-order valence-electron chi connectivity index (χ2n) is 7.20. The summed E-state index contributed by atoms with van der Waals surface area (Å²) in [5.74, 6) is -2.02. The van der Waals surface area contributed by atoms with Gasteiger partial charge in [0.2, 0.25) is 0 Å². The van der Waals surface area contributed by atoms with Gasteiger partial charge in [0.25, 0.3) is 17.7 Å². The number of carbonyl (C=O) groups excluding carboxylic acids is 3. The van der Waals surface area contributed by atoms with Crippen LogP contribution in [-0.4, -0.2) is 28.7 Å². The lowest BCUT2D eigenvalue weighted by atomic mass is 9.90. The van der Waals surface area contributed by atoms with Crippen LogP contribution in [0.1, 0.15) is 31.6 Å². The number of β-lactam (4-membered cyclic amide) rings is 1. The summed E-state index contributed by atoms with van der Waals surface area (Å²) in [7, 11) is 0. The highest BCUT2D eigenvalue weighted by molar-refractivity contribution is 7.10. The Morgan fingerprint density at radius 3 is 1.82 bits per heavy atom. The van der Waals surface area contributed by atoms with E-state index in [0.29, 0.717) is 10.7 Å². The summed E-state index contributed by atoms with van der Waals surface area (Å²) in [6.45, 7) is 0. The van der Waals surface area contributed by atoms with Gasteiger partial charge < -0.3 is 0 Å². The monoisotopic (exact) mass is 578 g/mol. The number of imide groups is 1. The third-order valence-corrected chi connectivity index (χ3v) is 8.98. The number of hydrogen-bond acceptors (Lipinski definition) is 4. The molecule has 2 aliphatic rings. The van der Waals surface area contributed by atoms with Gasteiger partial charge in [0.05, 0.1) is 41.3 Å². The molecule has 3 amide bonds. The van der Waals surface area contributed by atoms with E-state index in [9.17, 15) is 14.4 Å². The van der Waals surface area contributed by atoms with Crippen LogP contribution in [0, 0.1) is 0 Å². The van der Waals surface area contributed by atoms with Crippen molar-refractivity contribution in [3.63, 3.8) is 0 Å². The van der Waals surface area contributed by atoms with E-state index in [-0.39, 0.29) is 36.2 Å². The standard InChI is InChI=1S/C21H8Cl6N2O3S/c22-8-4-3-7(6-9(8)23)28-17(10-2-1-5-33-10)18(21(28)32)29-19(30)11-12(20(29)31)14(25)16(27)15(26)13(11)24/h1-6,17-18H/t17-,18+/m1/s1. The van der Waals surface area contributed by atoms with E-state index in [1.807, 2.05) is 17.5 Å². The third kappa shape index (κ3) is 3.31. The molecule has 2 atom stereocenters. The number of thiophene rings is 1. The molecule has 33 heavy (non-hydrogen) atoms. The maximum atomic E-state index is 13.4. The van der Waals surface area contributed by atoms with Crippen LogP contribution in [0.3, 0.4) is 0 Å². The van der Waals surface area contributed by atoms with Gasteiger partial charge in [0, 0.05) is 10.6 Å². The molecule has 2 aliphatic heterocycles. The number of carbonyl (C=O) groups is 3. The normalized spacial score (nSPS) is 19.9. The van der Waals surface area contributed by atoms with Gasteiger partial charge in [-0.15, -0.1) is 11.3 Å². The quantitative estimate of drug-likeness (QED) is 0.140. The van der Waals surface area contributed by atoms with E-state index in [1.165, 1.54) is 16.2 Å². The van der Waals surface area contributed by atoms with Gasteiger partial charge >= 0.3 is 0 Å². The van der Waals surface area contributed by atoms with Crippen LogP contribution < -0.4 is 4.90 Å². The van der Waals surface area contributed by atoms with E-state index >= 15 is 0 Å². The van der Waals surface area contributed by atoms with Gasteiger partial charge in [-0.05, 0) is 29.6 Å². The molecular weight excluding hydrogens is 573 g/mol. The SMILES string of the molecule is O=C1c2c(Cl)c(Cl)c(Cl)c(Cl)c2C(=O)N1[C@@H]1C(=O)N(c2ccc(Cl)c(Cl)c2)[C@@H]1c1cccs1. The number of amides is 3. The molecule has 1 saturated heterocycles. The topological polar surface area (TPSA) is 57.7 Å². The van der Waals surface area contributed by atoms with Crippen molar-refractivity contribution in [2.45, 2.75) is 12.1 Å². The molecule has 3 aromatic rings. The summed E-state index contributed by atoms with van der Waals surface area (Å²) in [4.78, 5) is 43.2. The first kappa shape index (κ1) is 23.2. The molecule has 0 bridgehead atoms. The summed E-state index contributed by atoms with van der Waals surface area (Å²) in [5, 5.41) is 1.76. The average molecular weight is 581 g/mol. The molecule has 1 aromatic heterocycles. The average Bonchev–Trinajstić information content (AvgIpc) is 3.39. The maximum absolute atomic E-state index is 13.4. The highest BCUT2D eigenvalue weighted by Gasteiger charge is 2.58. The number of rotatable bonds is 3. The van der Waals surface area contributed by atoms with Crippen molar-refractivity contribution in [3.05, 3.63) is 81.9 Å². The fourth-order valence-corrected chi connectivity index (χ4v) is 6.16. The molecule has 5 nitrogen and oxygen atoms in total. The molecule has 0 spiro atoms. The first-order valence-corrected chi connectivity index (χ1v) is 12.3. The third-order valence-electron chi connectivity index (χ3n) is 5.49. The Morgan fingerprint density at radius 2 is 1.30 bits per heavy atom. The second kappa shape index (κ2) is 8.31. The fourth-order valence-electron chi connectivity index (χ4n) is 4.01. The van der Waals surface area contributed by atoms with Crippen LogP contribution in [0.4, 0.5) is 5.69 Å². The Balaban J connectivity index is 1.62. The van der Waals surface area contributed by atoms with E-state index in [2.05, 4.69) is 0 Å². The molecule has 0 unspecified atom stereocenters. The number of nitrogens with zero attached hydrogens (tertiary/aromatic N) is 2. The molecule has 168 valence electrons. The molecule has 5 rings (SSSR count). The molecule has 0 N–H and O–H groups in total. The van der Waals surface area contributed by atoms with Crippen molar-refractivity contribution in [1.29, 1.82) is 0 Å². The lowest BCUT2D eigenvalue weighted by molar-refractivity contribution is -0.130. The maximum Gasteiger partial charge on any atom is 0.264 e. The van der Waals surface area contributed by atoms with Crippen LogP contribution in [-0.2, 0) is 4.79 Å². The smallest absolute Gasteiger partial charge is 0.264 e. The lowest BCUT2D eigenvalue weighted by Crippen LogP contribution is -2.67. The molecule has 0 aliphatic carbocycles. The van der Waals surface area contributed by atoms with Crippen LogP contribution in [0.5, 0.6) is 0 Å². The Bertz CT molecular complexity index is 1330. The Morgan fingerprint density at radius 1 is 0.697 bits per heavy atom. The Kier molecular flexibility index (Phi) is 5.85. The van der Waals surface area contributed by atoms with Crippen LogP contribution in [0.2, 0.25) is 30.1 Å². The zero-order chi connectivity index (χ0) is 23.8. The minimum absolute atomic E-state index is 0.141. The van der Waals surface area contributed by atoms with Gasteiger partial charge in [-0.3, -0.25) is 24.2 Å². The summed E-state index contributed by atoms with van der Waals surface area (Å²) in [6, 6.07) is 6.59. The summed E-state index contributed by atoms with van der Waals surface area (Å²) in [6.07, 6.45) is 0. The Hall–Kier alpha value is -1.51. The largest absolute Gasteiger partial charge is 0.300 e. The molecule has 12 heteroatoms. The minimum atomic E-state index is -1.13.